The summed E-state index contributed by atoms with van der Waals surface area (Å²) in [5.41, 5.74) is 1.70. The van der Waals surface area contributed by atoms with Crippen LogP contribution in [0.5, 0.6) is 11.5 Å². The number of rotatable bonds is 10. The van der Waals surface area contributed by atoms with E-state index < -0.39 is 11.9 Å². The van der Waals surface area contributed by atoms with E-state index in [0.29, 0.717) is 52.1 Å². The molecule has 0 aliphatic rings. The van der Waals surface area contributed by atoms with Crippen LogP contribution in [0.15, 0.2) is 18.2 Å². The molecule has 3 aromatic rings. The maximum absolute atomic E-state index is 12.4. The number of benzene rings is 1. The molecule has 0 bridgehead atoms. The van der Waals surface area contributed by atoms with Crippen molar-refractivity contribution in [2.45, 2.75) is 34.3 Å². The fourth-order valence-corrected chi connectivity index (χ4v) is 3.51. The van der Waals surface area contributed by atoms with E-state index in [1.807, 2.05) is 33.8 Å². The molecule has 0 fully saturated rings. The zero-order chi connectivity index (χ0) is 25.7. The van der Waals surface area contributed by atoms with Gasteiger partial charge in [-0.25, -0.2) is 19.6 Å². The third-order valence-electron chi connectivity index (χ3n) is 5.12. The first-order valence-corrected chi connectivity index (χ1v) is 11.4. The van der Waals surface area contributed by atoms with Crippen molar-refractivity contribution >= 4 is 33.7 Å². The normalized spacial score (nSPS) is 11.3. The minimum Gasteiger partial charge on any atom is -0.493 e. The molecule has 0 saturated heterocycles. The Bertz CT molecular complexity index is 1150. The second-order valence-corrected chi connectivity index (χ2v) is 8.98. The van der Waals surface area contributed by atoms with Crippen LogP contribution in [-0.2, 0) is 20.8 Å². The molecule has 0 N–H and O–H groups in total. The summed E-state index contributed by atoms with van der Waals surface area (Å²) in [5, 5.41) is 1.33. The molecule has 0 amide bonds. The first kappa shape index (κ1) is 26.2. The Kier molecular flexibility index (Phi) is 8.45. The van der Waals surface area contributed by atoms with Gasteiger partial charge >= 0.3 is 11.9 Å². The third kappa shape index (κ3) is 5.79. The van der Waals surface area contributed by atoms with Crippen molar-refractivity contribution in [3.8, 4) is 11.5 Å². The first-order chi connectivity index (χ1) is 16.7. The van der Waals surface area contributed by atoms with Crippen LogP contribution < -0.4 is 9.47 Å². The summed E-state index contributed by atoms with van der Waals surface area (Å²) >= 11 is 0. The van der Waals surface area contributed by atoms with E-state index in [-0.39, 0.29) is 29.8 Å². The molecule has 9 nitrogen and oxygen atoms in total. The Balaban J connectivity index is 2.43. The number of fused-ring (bicyclic) bond motifs is 2. The highest BCUT2D eigenvalue weighted by atomic mass is 16.5. The zero-order valence-electron chi connectivity index (χ0n) is 21.3. The van der Waals surface area contributed by atoms with Crippen LogP contribution in [0.4, 0.5) is 0 Å². The van der Waals surface area contributed by atoms with Gasteiger partial charge in [0.05, 0.1) is 45.1 Å². The van der Waals surface area contributed by atoms with E-state index in [1.165, 1.54) is 14.2 Å². The number of aromatic nitrogens is 2. The van der Waals surface area contributed by atoms with Gasteiger partial charge in [-0.3, -0.25) is 0 Å². The van der Waals surface area contributed by atoms with Gasteiger partial charge in [-0.2, -0.15) is 0 Å². The molecule has 0 spiro atoms. The molecule has 0 aliphatic heterocycles. The van der Waals surface area contributed by atoms with Gasteiger partial charge in [0.1, 0.15) is 11.5 Å². The highest BCUT2D eigenvalue weighted by molar-refractivity contribution is 6.06. The summed E-state index contributed by atoms with van der Waals surface area (Å²) in [4.78, 5) is 33.9. The minimum atomic E-state index is -0.595. The number of methoxy groups -OCH3 is 3. The van der Waals surface area contributed by atoms with Crippen molar-refractivity contribution in [3.05, 3.63) is 35.2 Å². The van der Waals surface area contributed by atoms with Crippen molar-refractivity contribution in [1.82, 2.24) is 9.97 Å². The van der Waals surface area contributed by atoms with Crippen LogP contribution in [0, 0.1) is 11.8 Å². The van der Waals surface area contributed by atoms with Gasteiger partial charge in [0.25, 0.3) is 0 Å². The molecule has 0 saturated carbocycles. The first-order valence-electron chi connectivity index (χ1n) is 11.4. The number of ether oxygens (including phenoxy) is 5. The highest BCUT2D eigenvalue weighted by Gasteiger charge is 2.23. The quantitative estimate of drug-likeness (QED) is 0.302. The van der Waals surface area contributed by atoms with Crippen LogP contribution in [0.25, 0.3) is 21.8 Å². The molecule has 0 radical (unpaired) electrons. The SMILES string of the molecule is COCc1c2nc(C(=O)OC)cc(OCC(C)C)c2cc2c(OCC(C)C)cc(C(=O)OC)nc12. The molecule has 1 aromatic carbocycles. The molecule has 35 heavy (non-hydrogen) atoms. The lowest BCUT2D eigenvalue weighted by Crippen LogP contribution is -2.12. The number of hydrogen-bond acceptors (Lipinski definition) is 9. The lowest BCUT2D eigenvalue weighted by molar-refractivity contribution is 0.0585. The maximum atomic E-state index is 12.4. The van der Waals surface area contributed by atoms with Gasteiger partial charge in [-0.15, -0.1) is 0 Å². The molecule has 188 valence electrons. The Morgan fingerprint density at radius 2 is 1.17 bits per heavy atom. The molecule has 0 unspecified atom stereocenters. The number of hydrogen-bond donors (Lipinski definition) is 0. The predicted molar refractivity (Wildman–Crippen MR) is 131 cm³/mol. The largest absolute Gasteiger partial charge is 0.493 e. The predicted octanol–water partition coefficient (Wildman–Crippen LogP) is 4.57. The molecule has 2 heterocycles. The molecule has 9 heteroatoms. The van der Waals surface area contributed by atoms with Crippen molar-refractivity contribution < 1.29 is 33.3 Å². The van der Waals surface area contributed by atoms with Crippen molar-refractivity contribution in [3.63, 3.8) is 0 Å². The topological polar surface area (TPSA) is 106 Å². The van der Waals surface area contributed by atoms with E-state index in [1.54, 1.807) is 19.2 Å². The Hall–Kier alpha value is -3.46. The second-order valence-electron chi connectivity index (χ2n) is 8.98. The fraction of sp³-hybridized carbons (Fsp3) is 0.462. The smallest absolute Gasteiger partial charge is 0.356 e. The second kappa shape index (κ2) is 11.3. The number of pyridine rings is 2. The summed E-state index contributed by atoms with van der Waals surface area (Å²) in [6.45, 7) is 9.13. The van der Waals surface area contributed by atoms with Crippen molar-refractivity contribution in [2.75, 3.05) is 34.5 Å². The number of nitrogens with zero attached hydrogens (tertiary/aromatic N) is 2. The van der Waals surface area contributed by atoms with Gasteiger partial charge in [0.2, 0.25) is 0 Å². The lowest BCUT2D eigenvalue weighted by Gasteiger charge is -2.18. The van der Waals surface area contributed by atoms with Crippen LogP contribution in [0.2, 0.25) is 0 Å². The zero-order valence-corrected chi connectivity index (χ0v) is 21.3. The van der Waals surface area contributed by atoms with Gasteiger partial charge in [-0.1, -0.05) is 27.7 Å². The Morgan fingerprint density at radius 1 is 0.743 bits per heavy atom. The standard InChI is InChI=1S/C26H32N2O7/c1-14(2)11-34-21-9-19(25(29)32-6)27-23-16(21)8-17-22(35-12-15(3)4)10-20(26(30)33-7)28-24(17)18(23)13-31-5/h8-10,14-15H,11-13H2,1-7H3. The molecule has 2 aromatic heterocycles. The summed E-state index contributed by atoms with van der Waals surface area (Å²) in [6, 6.07) is 5.00. The molecular weight excluding hydrogens is 452 g/mol. The van der Waals surface area contributed by atoms with Gasteiger partial charge in [0.15, 0.2) is 11.4 Å². The summed E-state index contributed by atoms with van der Waals surface area (Å²) in [6.07, 6.45) is 0. The average molecular weight is 485 g/mol. The van der Waals surface area contributed by atoms with E-state index in [2.05, 4.69) is 9.97 Å². The van der Waals surface area contributed by atoms with Gasteiger partial charge < -0.3 is 23.7 Å². The highest BCUT2D eigenvalue weighted by Crippen LogP contribution is 2.38. The lowest BCUT2D eigenvalue weighted by atomic mass is 10.0. The van der Waals surface area contributed by atoms with Crippen LogP contribution in [0.1, 0.15) is 54.2 Å². The van der Waals surface area contributed by atoms with Crippen LogP contribution in [-0.4, -0.2) is 56.4 Å². The van der Waals surface area contributed by atoms with Crippen LogP contribution in [0.3, 0.4) is 0 Å². The van der Waals surface area contributed by atoms with E-state index >= 15 is 0 Å². The molecule has 0 aliphatic carbocycles. The van der Waals surface area contributed by atoms with Gasteiger partial charge in [0, 0.05) is 35.6 Å². The van der Waals surface area contributed by atoms with Crippen molar-refractivity contribution in [1.29, 1.82) is 0 Å². The minimum absolute atomic E-state index is 0.0934. The monoisotopic (exact) mass is 484 g/mol. The number of carbonyl (C=O) groups excluding carboxylic acids is 2. The Labute approximate surface area is 204 Å². The van der Waals surface area contributed by atoms with Crippen molar-refractivity contribution in [2.24, 2.45) is 11.8 Å². The maximum Gasteiger partial charge on any atom is 0.356 e. The van der Waals surface area contributed by atoms with Gasteiger partial charge in [-0.05, 0) is 17.9 Å². The molecule has 0 atom stereocenters. The van der Waals surface area contributed by atoms with E-state index in [0.717, 1.165) is 0 Å². The van der Waals surface area contributed by atoms with E-state index in [9.17, 15) is 9.59 Å². The number of esters is 2. The molecule has 3 rings (SSSR count). The Morgan fingerprint density at radius 3 is 1.51 bits per heavy atom. The van der Waals surface area contributed by atoms with E-state index in [4.69, 9.17) is 23.7 Å². The number of carbonyl (C=O) groups is 2. The fourth-order valence-electron chi connectivity index (χ4n) is 3.51. The third-order valence-corrected chi connectivity index (χ3v) is 5.12. The summed E-state index contributed by atoms with van der Waals surface area (Å²) in [7, 11) is 4.13. The average Bonchev–Trinajstić information content (AvgIpc) is 2.84. The van der Waals surface area contributed by atoms with Crippen LogP contribution >= 0.6 is 0 Å². The summed E-state index contributed by atoms with van der Waals surface area (Å²) < 4.78 is 27.5. The summed E-state index contributed by atoms with van der Waals surface area (Å²) in [5.74, 6) is 0.287. The molecular formula is C26H32N2O7.